The number of benzene rings is 2. The molecular formula is C28H26ClFN2O2. The second kappa shape index (κ2) is 9.76. The van der Waals surface area contributed by atoms with Gasteiger partial charge in [-0.15, -0.1) is 0 Å². The largest absolute Gasteiger partial charge is 0.492 e. The summed E-state index contributed by atoms with van der Waals surface area (Å²) in [6, 6.07) is 16.3. The van der Waals surface area contributed by atoms with Crippen LogP contribution >= 0.6 is 11.6 Å². The number of halogens is 2. The molecule has 0 bridgehead atoms. The summed E-state index contributed by atoms with van der Waals surface area (Å²) in [5.41, 5.74) is 1.92. The molecule has 0 amide bonds. The predicted molar refractivity (Wildman–Crippen MR) is 131 cm³/mol. The van der Waals surface area contributed by atoms with Crippen molar-refractivity contribution in [1.29, 1.82) is 0 Å². The highest BCUT2D eigenvalue weighted by atomic mass is 35.5. The molecule has 6 heteroatoms. The summed E-state index contributed by atoms with van der Waals surface area (Å²) in [5.74, 6) is 6.08. The second-order valence-corrected chi connectivity index (χ2v) is 9.42. The fraction of sp³-hybridized carbons (Fsp3) is 0.321. The molecule has 1 atom stereocenters. The lowest BCUT2D eigenvalue weighted by molar-refractivity contribution is 0.0458. The summed E-state index contributed by atoms with van der Waals surface area (Å²) in [7, 11) is 0. The summed E-state index contributed by atoms with van der Waals surface area (Å²) in [6.07, 6.45) is 5.66. The number of rotatable bonds is 6. The molecule has 0 spiro atoms. The van der Waals surface area contributed by atoms with Crippen LogP contribution in [0, 0.1) is 17.7 Å². The molecule has 34 heavy (non-hydrogen) atoms. The van der Waals surface area contributed by atoms with Crippen LogP contribution in [0.15, 0.2) is 60.8 Å². The van der Waals surface area contributed by atoms with E-state index in [4.69, 9.17) is 16.3 Å². The molecule has 2 fully saturated rings. The van der Waals surface area contributed by atoms with E-state index in [2.05, 4.69) is 21.7 Å². The number of hydrogen-bond donors (Lipinski definition) is 1. The highest BCUT2D eigenvalue weighted by molar-refractivity contribution is 6.30. The first-order valence-corrected chi connectivity index (χ1v) is 12.0. The third kappa shape index (κ3) is 5.26. The Kier molecular flexibility index (Phi) is 6.56. The summed E-state index contributed by atoms with van der Waals surface area (Å²) < 4.78 is 20.4. The molecule has 1 saturated carbocycles. The zero-order valence-corrected chi connectivity index (χ0v) is 19.6. The summed E-state index contributed by atoms with van der Waals surface area (Å²) >= 11 is 5.91. The van der Waals surface area contributed by atoms with Gasteiger partial charge < -0.3 is 9.84 Å². The Hall–Kier alpha value is -2.91. The first-order chi connectivity index (χ1) is 16.5. The van der Waals surface area contributed by atoms with E-state index in [-0.39, 0.29) is 11.7 Å². The predicted octanol–water partition coefficient (Wildman–Crippen LogP) is 5.31. The van der Waals surface area contributed by atoms with Gasteiger partial charge in [0.1, 0.15) is 18.1 Å². The Bertz CT molecular complexity index is 1210. The first kappa shape index (κ1) is 22.9. The zero-order chi connectivity index (χ0) is 23.5. The minimum atomic E-state index is -0.462. The Balaban J connectivity index is 1.16. The zero-order valence-electron chi connectivity index (χ0n) is 18.8. The Labute approximate surface area is 204 Å². The van der Waals surface area contributed by atoms with Gasteiger partial charge in [0.2, 0.25) is 0 Å². The van der Waals surface area contributed by atoms with E-state index < -0.39 is 11.4 Å². The SMILES string of the molecule is OC1(C2CCCN2CCOc2ccc(C#Cc3ncc(-c4ccc(Cl)cc4)cc3F)cc2)CC1. The molecule has 1 aliphatic carbocycles. The molecule has 1 unspecified atom stereocenters. The van der Waals surface area contributed by atoms with Crippen LogP contribution in [0.2, 0.25) is 5.02 Å². The van der Waals surface area contributed by atoms with E-state index in [9.17, 15) is 9.50 Å². The molecular weight excluding hydrogens is 451 g/mol. The quantitative estimate of drug-likeness (QED) is 0.490. The van der Waals surface area contributed by atoms with Crippen LogP contribution in [0.4, 0.5) is 4.39 Å². The number of ether oxygens (including phenoxy) is 1. The van der Waals surface area contributed by atoms with Gasteiger partial charge in [0.25, 0.3) is 0 Å². The minimum Gasteiger partial charge on any atom is -0.492 e. The minimum absolute atomic E-state index is 0.107. The second-order valence-electron chi connectivity index (χ2n) is 8.98. The molecule has 1 aliphatic heterocycles. The van der Waals surface area contributed by atoms with E-state index >= 15 is 0 Å². The number of aliphatic hydroxyl groups is 1. The van der Waals surface area contributed by atoms with Crippen LogP contribution < -0.4 is 4.74 Å². The topological polar surface area (TPSA) is 45.6 Å². The Morgan fingerprint density at radius 2 is 1.85 bits per heavy atom. The van der Waals surface area contributed by atoms with E-state index in [0.29, 0.717) is 17.2 Å². The average Bonchev–Trinajstić information content (AvgIpc) is 3.40. The van der Waals surface area contributed by atoms with Crippen LogP contribution in [0.1, 0.15) is 36.9 Å². The fourth-order valence-corrected chi connectivity index (χ4v) is 4.67. The van der Waals surface area contributed by atoms with Crippen molar-refractivity contribution in [2.75, 3.05) is 19.7 Å². The average molecular weight is 477 g/mol. The number of hydrogen-bond acceptors (Lipinski definition) is 4. The van der Waals surface area contributed by atoms with Crippen LogP contribution in [-0.2, 0) is 0 Å². The molecule has 1 saturated heterocycles. The van der Waals surface area contributed by atoms with Gasteiger partial charge in [-0.05, 0) is 86.2 Å². The third-order valence-corrected chi connectivity index (χ3v) is 6.84. The molecule has 174 valence electrons. The van der Waals surface area contributed by atoms with Crippen molar-refractivity contribution in [3.8, 4) is 28.7 Å². The van der Waals surface area contributed by atoms with Crippen molar-refractivity contribution in [3.63, 3.8) is 0 Å². The highest BCUT2D eigenvalue weighted by Gasteiger charge is 2.51. The Morgan fingerprint density at radius 3 is 2.56 bits per heavy atom. The Morgan fingerprint density at radius 1 is 1.09 bits per heavy atom. The lowest BCUT2D eigenvalue weighted by Crippen LogP contribution is -2.42. The van der Waals surface area contributed by atoms with Gasteiger partial charge >= 0.3 is 0 Å². The van der Waals surface area contributed by atoms with E-state index in [1.54, 1.807) is 18.3 Å². The first-order valence-electron chi connectivity index (χ1n) is 11.6. The van der Waals surface area contributed by atoms with Crippen LogP contribution in [0.3, 0.4) is 0 Å². The number of nitrogens with zero attached hydrogens (tertiary/aromatic N) is 2. The van der Waals surface area contributed by atoms with Crippen LogP contribution in [-0.4, -0.2) is 46.3 Å². The highest BCUT2D eigenvalue weighted by Crippen LogP contribution is 2.44. The number of likely N-dealkylation sites (tertiary alicyclic amines) is 1. The number of pyridine rings is 1. The van der Waals surface area contributed by atoms with Gasteiger partial charge in [-0.2, -0.15) is 0 Å². The summed E-state index contributed by atoms with van der Waals surface area (Å²) in [5, 5.41) is 11.1. The molecule has 2 aromatic carbocycles. The lowest BCUT2D eigenvalue weighted by atomic mass is 10.1. The number of aromatic nitrogens is 1. The molecule has 1 aromatic heterocycles. The van der Waals surface area contributed by atoms with Gasteiger partial charge in [-0.25, -0.2) is 9.37 Å². The molecule has 5 rings (SSSR count). The van der Waals surface area contributed by atoms with Gasteiger partial charge in [0, 0.05) is 34.9 Å². The molecule has 2 heterocycles. The monoisotopic (exact) mass is 476 g/mol. The summed E-state index contributed by atoms with van der Waals surface area (Å²) in [4.78, 5) is 6.54. The maximum Gasteiger partial charge on any atom is 0.158 e. The van der Waals surface area contributed by atoms with Crippen molar-refractivity contribution in [2.24, 2.45) is 0 Å². The maximum atomic E-state index is 14.5. The van der Waals surface area contributed by atoms with E-state index in [1.165, 1.54) is 6.07 Å². The third-order valence-electron chi connectivity index (χ3n) is 6.59. The molecule has 4 nitrogen and oxygen atoms in total. The normalized spacial score (nSPS) is 18.9. The van der Waals surface area contributed by atoms with Crippen molar-refractivity contribution < 1.29 is 14.2 Å². The van der Waals surface area contributed by atoms with E-state index in [1.807, 2.05) is 36.4 Å². The van der Waals surface area contributed by atoms with Crippen molar-refractivity contribution in [1.82, 2.24) is 9.88 Å². The maximum absolute atomic E-state index is 14.5. The smallest absolute Gasteiger partial charge is 0.158 e. The standard InChI is InChI=1S/C28H26ClFN2O2/c29-23-8-6-21(7-9-23)22-18-25(30)26(31-19-22)12-5-20-3-10-24(11-4-20)34-17-16-32-15-1-2-27(32)28(33)13-14-28/h3-4,6-11,18-19,27,33H,1-2,13-17H2. The summed E-state index contributed by atoms with van der Waals surface area (Å²) in [6.45, 7) is 2.41. The lowest BCUT2D eigenvalue weighted by Gasteiger charge is -2.28. The van der Waals surface area contributed by atoms with Gasteiger partial charge in [-0.3, -0.25) is 4.90 Å². The van der Waals surface area contributed by atoms with Gasteiger partial charge in [0.05, 0.1) is 5.60 Å². The molecule has 3 aromatic rings. The van der Waals surface area contributed by atoms with Crippen LogP contribution in [0.25, 0.3) is 11.1 Å². The van der Waals surface area contributed by atoms with E-state index in [0.717, 1.165) is 55.6 Å². The van der Waals surface area contributed by atoms with Crippen molar-refractivity contribution in [2.45, 2.75) is 37.3 Å². The molecule has 0 radical (unpaired) electrons. The van der Waals surface area contributed by atoms with Gasteiger partial charge in [0.15, 0.2) is 5.82 Å². The van der Waals surface area contributed by atoms with Crippen molar-refractivity contribution >= 4 is 11.6 Å². The van der Waals surface area contributed by atoms with Crippen molar-refractivity contribution in [3.05, 3.63) is 82.9 Å². The van der Waals surface area contributed by atoms with Crippen LogP contribution in [0.5, 0.6) is 5.75 Å². The molecule has 1 N–H and O–H groups in total. The molecule has 2 aliphatic rings. The van der Waals surface area contributed by atoms with Gasteiger partial charge in [-0.1, -0.05) is 29.7 Å². The fourth-order valence-electron chi connectivity index (χ4n) is 4.54.